The van der Waals surface area contributed by atoms with E-state index in [0.29, 0.717) is 12.5 Å². The number of nitrogens with zero attached hydrogens (tertiary/aromatic N) is 3. The summed E-state index contributed by atoms with van der Waals surface area (Å²) in [6, 6.07) is 6.07. The zero-order valence-electron chi connectivity index (χ0n) is 16.0. The molecule has 0 radical (unpaired) electrons. The number of hydrogen-bond donors (Lipinski definition) is 0. The Kier molecular flexibility index (Phi) is 5.28. The van der Waals surface area contributed by atoms with E-state index in [4.69, 9.17) is 4.74 Å². The van der Waals surface area contributed by atoms with Gasteiger partial charge < -0.3 is 14.5 Å². The molecule has 142 valence electrons. The van der Waals surface area contributed by atoms with Crippen LogP contribution in [0.4, 0.5) is 0 Å². The Balaban J connectivity index is 1.39. The zero-order valence-corrected chi connectivity index (χ0v) is 16.0. The van der Waals surface area contributed by atoms with E-state index in [2.05, 4.69) is 9.88 Å². The van der Waals surface area contributed by atoms with Crippen LogP contribution in [-0.2, 0) is 16.1 Å². The Morgan fingerprint density at radius 2 is 2.08 bits per heavy atom. The highest BCUT2D eigenvalue weighted by Crippen LogP contribution is 2.41. The molecule has 3 saturated heterocycles. The lowest BCUT2D eigenvalue weighted by Crippen LogP contribution is -2.49. The summed E-state index contributed by atoms with van der Waals surface area (Å²) in [5.74, 6) is 1.10. The van der Waals surface area contributed by atoms with E-state index in [1.165, 1.54) is 12.8 Å². The average molecular weight is 357 g/mol. The molecule has 5 nitrogen and oxygen atoms in total. The van der Waals surface area contributed by atoms with Gasteiger partial charge in [0.25, 0.3) is 0 Å². The van der Waals surface area contributed by atoms with Crippen molar-refractivity contribution in [3.8, 4) is 0 Å². The summed E-state index contributed by atoms with van der Waals surface area (Å²) in [5, 5.41) is 0. The standard InChI is InChI=1S/C21H31N3O2/c1-17-4-2-5-19(22-17)15-24-11-9-21(20(24)25)8-3-10-23(16-21)14-18-6-12-26-13-7-18/h2,4-5,18H,3,6-16H2,1H3/t21-/m1/s1. The maximum atomic E-state index is 13.3. The first-order valence-corrected chi connectivity index (χ1v) is 10.2. The molecule has 0 aromatic carbocycles. The molecule has 5 heteroatoms. The number of likely N-dealkylation sites (tertiary alicyclic amines) is 2. The number of piperidine rings is 1. The third-order valence-electron chi connectivity index (χ3n) is 6.41. The van der Waals surface area contributed by atoms with Gasteiger partial charge in [-0.05, 0) is 63.6 Å². The number of aromatic nitrogens is 1. The predicted molar refractivity (Wildman–Crippen MR) is 101 cm³/mol. The first-order chi connectivity index (χ1) is 12.6. The van der Waals surface area contributed by atoms with Gasteiger partial charge in [-0.1, -0.05) is 6.07 Å². The summed E-state index contributed by atoms with van der Waals surface area (Å²) in [4.78, 5) is 22.4. The van der Waals surface area contributed by atoms with E-state index >= 15 is 0 Å². The Bertz CT molecular complexity index is 644. The molecule has 1 aromatic rings. The summed E-state index contributed by atoms with van der Waals surface area (Å²) in [6.07, 6.45) is 5.53. The molecule has 4 rings (SSSR count). The van der Waals surface area contributed by atoms with Crippen molar-refractivity contribution in [2.24, 2.45) is 11.3 Å². The van der Waals surface area contributed by atoms with Gasteiger partial charge in [0.2, 0.25) is 5.91 Å². The lowest BCUT2D eigenvalue weighted by Gasteiger charge is -2.41. The van der Waals surface area contributed by atoms with Gasteiger partial charge in [-0.15, -0.1) is 0 Å². The van der Waals surface area contributed by atoms with Gasteiger partial charge >= 0.3 is 0 Å². The van der Waals surface area contributed by atoms with Crippen molar-refractivity contribution < 1.29 is 9.53 Å². The van der Waals surface area contributed by atoms with Crippen LogP contribution in [0.3, 0.4) is 0 Å². The molecule has 1 amide bonds. The number of amides is 1. The fourth-order valence-corrected chi connectivity index (χ4v) is 4.98. The fourth-order valence-electron chi connectivity index (χ4n) is 4.98. The van der Waals surface area contributed by atoms with Crippen LogP contribution in [0, 0.1) is 18.3 Å². The zero-order chi connectivity index (χ0) is 18.0. The topological polar surface area (TPSA) is 45.7 Å². The Labute approximate surface area is 156 Å². The molecule has 0 bridgehead atoms. The molecular formula is C21H31N3O2. The van der Waals surface area contributed by atoms with Crippen molar-refractivity contribution in [2.75, 3.05) is 39.4 Å². The highest BCUT2D eigenvalue weighted by Gasteiger charge is 2.48. The van der Waals surface area contributed by atoms with E-state index in [0.717, 1.165) is 76.0 Å². The molecular weight excluding hydrogens is 326 g/mol. The van der Waals surface area contributed by atoms with E-state index < -0.39 is 0 Å². The maximum absolute atomic E-state index is 13.3. The lowest BCUT2D eigenvalue weighted by molar-refractivity contribution is -0.139. The molecule has 26 heavy (non-hydrogen) atoms. The van der Waals surface area contributed by atoms with Gasteiger partial charge in [0.15, 0.2) is 0 Å². The quantitative estimate of drug-likeness (QED) is 0.831. The molecule has 1 atom stereocenters. The lowest BCUT2D eigenvalue weighted by atomic mass is 9.78. The first-order valence-electron chi connectivity index (χ1n) is 10.2. The Hall–Kier alpha value is -1.46. The molecule has 0 saturated carbocycles. The third-order valence-corrected chi connectivity index (χ3v) is 6.41. The second-order valence-electron chi connectivity index (χ2n) is 8.42. The van der Waals surface area contributed by atoms with E-state index in [1.807, 2.05) is 30.0 Å². The van der Waals surface area contributed by atoms with E-state index in [1.54, 1.807) is 0 Å². The number of hydrogen-bond acceptors (Lipinski definition) is 4. The summed E-state index contributed by atoms with van der Waals surface area (Å²) < 4.78 is 5.49. The molecule has 1 aromatic heterocycles. The maximum Gasteiger partial charge on any atom is 0.230 e. The first kappa shape index (κ1) is 17.9. The molecule has 0 unspecified atom stereocenters. The number of ether oxygens (including phenoxy) is 1. The molecule has 1 spiro atoms. The number of aryl methyl sites for hydroxylation is 1. The van der Waals surface area contributed by atoms with Crippen LogP contribution < -0.4 is 0 Å². The van der Waals surface area contributed by atoms with Crippen molar-refractivity contribution in [1.82, 2.24) is 14.8 Å². The average Bonchev–Trinajstić information content (AvgIpc) is 2.92. The number of carbonyl (C=O) groups excluding carboxylic acids is 1. The highest BCUT2D eigenvalue weighted by molar-refractivity contribution is 5.85. The summed E-state index contributed by atoms with van der Waals surface area (Å²) >= 11 is 0. The van der Waals surface area contributed by atoms with Crippen LogP contribution in [0.1, 0.15) is 43.5 Å². The van der Waals surface area contributed by atoms with E-state index in [-0.39, 0.29) is 5.41 Å². The van der Waals surface area contributed by atoms with Crippen molar-refractivity contribution in [1.29, 1.82) is 0 Å². The van der Waals surface area contributed by atoms with Crippen LogP contribution in [0.5, 0.6) is 0 Å². The van der Waals surface area contributed by atoms with Crippen LogP contribution in [-0.4, -0.2) is 60.1 Å². The third kappa shape index (κ3) is 3.79. The molecule has 0 N–H and O–H groups in total. The normalized spacial score (nSPS) is 28.2. The predicted octanol–water partition coefficient (Wildman–Crippen LogP) is 2.63. The van der Waals surface area contributed by atoms with Crippen LogP contribution >= 0.6 is 0 Å². The number of carbonyl (C=O) groups is 1. The molecule has 4 heterocycles. The monoisotopic (exact) mass is 357 g/mol. The second-order valence-corrected chi connectivity index (χ2v) is 8.42. The Morgan fingerprint density at radius 1 is 1.23 bits per heavy atom. The van der Waals surface area contributed by atoms with Crippen molar-refractivity contribution in [3.05, 3.63) is 29.6 Å². The minimum Gasteiger partial charge on any atom is -0.381 e. The Morgan fingerprint density at radius 3 is 2.88 bits per heavy atom. The summed E-state index contributed by atoms with van der Waals surface area (Å²) in [5.41, 5.74) is 1.88. The molecule has 0 aliphatic carbocycles. The number of pyridine rings is 1. The van der Waals surface area contributed by atoms with Crippen molar-refractivity contribution in [2.45, 2.75) is 45.6 Å². The second kappa shape index (κ2) is 7.65. The van der Waals surface area contributed by atoms with E-state index in [9.17, 15) is 4.79 Å². The molecule has 3 aliphatic heterocycles. The SMILES string of the molecule is Cc1cccc(CN2CC[C@@]3(CCCN(CC4CCOCC4)C3)C2=O)n1. The highest BCUT2D eigenvalue weighted by atomic mass is 16.5. The minimum atomic E-state index is -0.146. The fraction of sp³-hybridized carbons (Fsp3) is 0.714. The van der Waals surface area contributed by atoms with Crippen LogP contribution in [0.25, 0.3) is 0 Å². The van der Waals surface area contributed by atoms with Gasteiger partial charge in [0.05, 0.1) is 17.7 Å². The van der Waals surface area contributed by atoms with Gasteiger partial charge in [-0.25, -0.2) is 0 Å². The summed E-state index contributed by atoms with van der Waals surface area (Å²) in [6.45, 7) is 8.57. The van der Waals surface area contributed by atoms with Gasteiger partial charge in [0, 0.05) is 38.5 Å². The smallest absolute Gasteiger partial charge is 0.230 e. The van der Waals surface area contributed by atoms with Crippen molar-refractivity contribution in [3.63, 3.8) is 0 Å². The minimum absolute atomic E-state index is 0.146. The van der Waals surface area contributed by atoms with Gasteiger partial charge in [-0.2, -0.15) is 0 Å². The number of rotatable bonds is 4. The van der Waals surface area contributed by atoms with Crippen LogP contribution in [0.2, 0.25) is 0 Å². The summed E-state index contributed by atoms with van der Waals surface area (Å²) in [7, 11) is 0. The van der Waals surface area contributed by atoms with Crippen LogP contribution in [0.15, 0.2) is 18.2 Å². The molecule has 3 fully saturated rings. The van der Waals surface area contributed by atoms with Gasteiger partial charge in [-0.3, -0.25) is 9.78 Å². The van der Waals surface area contributed by atoms with Crippen molar-refractivity contribution >= 4 is 5.91 Å². The largest absolute Gasteiger partial charge is 0.381 e. The van der Waals surface area contributed by atoms with Gasteiger partial charge in [0.1, 0.15) is 0 Å². The molecule has 3 aliphatic rings.